The number of amides is 3. The molecule has 0 aliphatic carbocycles. The quantitative estimate of drug-likeness (QED) is 0.771. The maximum Gasteiger partial charge on any atom is 0.254 e. The van der Waals surface area contributed by atoms with Crippen LogP contribution in [0.4, 0.5) is 11.4 Å². The summed E-state index contributed by atoms with van der Waals surface area (Å²) in [6.45, 7) is 1.86. The topological polar surface area (TPSA) is 87.3 Å². The zero-order chi connectivity index (χ0) is 18.7. The Bertz CT molecular complexity index is 882. The first-order valence-corrected chi connectivity index (χ1v) is 8.58. The van der Waals surface area contributed by atoms with Crippen LogP contribution >= 0.6 is 11.6 Å². The molecule has 2 aromatic carbocycles. The summed E-state index contributed by atoms with van der Waals surface area (Å²) in [6, 6.07) is 11.2. The molecule has 1 atom stereocenters. The lowest BCUT2D eigenvalue weighted by molar-refractivity contribution is -0.118. The molecule has 26 heavy (non-hydrogen) atoms. The Morgan fingerprint density at radius 2 is 1.96 bits per heavy atom. The molecule has 2 aromatic rings. The summed E-state index contributed by atoms with van der Waals surface area (Å²) in [7, 11) is 0. The number of fused-ring (bicyclic) bond motifs is 1. The monoisotopic (exact) mass is 371 g/mol. The van der Waals surface area contributed by atoms with Gasteiger partial charge in [-0.3, -0.25) is 14.4 Å². The minimum Gasteiger partial charge on any atom is -0.340 e. The molecule has 0 aromatic heterocycles. The third kappa shape index (κ3) is 4.03. The van der Waals surface area contributed by atoms with Crippen LogP contribution < -0.4 is 16.0 Å². The number of hydrogen-bond donors (Lipinski definition) is 3. The molecule has 0 radical (unpaired) electrons. The highest BCUT2D eigenvalue weighted by atomic mass is 35.5. The number of hydrogen-bond acceptors (Lipinski definition) is 3. The molecule has 7 heteroatoms. The summed E-state index contributed by atoms with van der Waals surface area (Å²) < 4.78 is 0. The van der Waals surface area contributed by atoms with Crippen LogP contribution in [0.1, 0.15) is 28.8 Å². The van der Waals surface area contributed by atoms with Crippen molar-refractivity contribution in [3.63, 3.8) is 0 Å². The van der Waals surface area contributed by atoms with Crippen molar-refractivity contribution in [3.05, 3.63) is 58.6 Å². The average Bonchev–Trinajstić information content (AvgIpc) is 2.73. The van der Waals surface area contributed by atoms with Gasteiger partial charge in [0.15, 0.2) is 0 Å². The summed E-state index contributed by atoms with van der Waals surface area (Å²) in [5, 5.41) is 8.70. The van der Waals surface area contributed by atoms with Crippen molar-refractivity contribution < 1.29 is 14.4 Å². The zero-order valence-electron chi connectivity index (χ0n) is 14.1. The number of aryl methyl sites for hydroxylation is 1. The number of carbonyl (C=O) groups is 3. The summed E-state index contributed by atoms with van der Waals surface area (Å²) in [4.78, 5) is 36.8. The molecule has 1 aliphatic rings. The van der Waals surface area contributed by atoms with Crippen molar-refractivity contribution in [3.8, 4) is 0 Å². The lowest BCUT2D eigenvalue weighted by Gasteiger charge is -2.15. The largest absolute Gasteiger partial charge is 0.340 e. The predicted molar refractivity (Wildman–Crippen MR) is 100 cm³/mol. The van der Waals surface area contributed by atoms with Gasteiger partial charge in [-0.25, -0.2) is 0 Å². The van der Waals surface area contributed by atoms with E-state index < -0.39 is 6.04 Å². The van der Waals surface area contributed by atoms with E-state index in [1.807, 2.05) is 13.0 Å². The summed E-state index contributed by atoms with van der Waals surface area (Å²) >= 11 is 5.94. The first kappa shape index (κ1) is 17.9. The minimum absolute atomic E-state index is 0.0840. The second kappa shape index (κ2) is 7.58. The smallest absolute Gasteiger partial charge is 0.254 e. The SMILES string of the molecule is Cc1ccc(Cl)cc1NC(=O)CC[C@H]1NC(=O)c2ccccc2NC1=O. The normalized spacial score (nSPS) is 16.2. The highest BCUT2D eigenvalue weighted by Gasteiger charge is 2.27. The van der Waals surface area contributed by atoms with Crippen molar-refractivity contribution in [1.82, 2.24) is 5.32 Å². The minimum atomic E-state index is -0.777. The van der Waals surface area contributed by atoms with Crippen LogP contribution in [0.15, 0.2) is 42.5 Å². The van der Waals surface area contributed by atoms with Crippen molar-refractivity contribution in [2.75, 3.05) is 10.6 Å². The third-order valence-corrected chi connectivity index (χ3v) is 4.42. The van der Waals surface area contributed by atoms with E-state index >= 15 is 0 Å². The van der Waals surface area contributed by atoms with Crippen molar-refractivity contribution in [2.24, 2.45) is 0 Å². The third-order valence-electron chi connectivity index (χ3n) is 4.19. The van der Waals surface area contributed by atoms with Gasteiger partial charge in [-0.05, 0) is 43.2 Å². The number of para-hydroxylation sites is 1. The molecular formula is C19H18ClN3O3. The van der Waals surface area contributed by atoms with E-state index in [0.29, 0.717) is 22.0 Å². The van der Waals surface area contributed by atoms with Crippen LogP contribution in [-0.2, 0) is 9.59 Å². The van der Waals surface area contributed by atoms with Gasteiger partial charge in [-0.15, -0.1) is 0 Å². The first-order chi connectivity index (χ1) is 12.4. The van der Waals surface area contributed by atoms with Gasteiger partial charge in [0.2, 0.25) is 11.8 Å². The molecule has 0 saturated carbocycles. The van der Waals surface area contributed by atoms with Crippen LogP contribution in [0.2, 0.25) is 5.02 Å². The molecule has 0 saturated heterocycles. The van der Waals surface area contributed by atoms with E-state index in [1.54, 1.807) is 36.4 Å². The van der Waals surface area contributed by atoms with Crippen molar-refractivity contribution >= 4 is 40.7 Å². The molecule has 3 rings (SSSR count). The van der Waals surface area contributed by atoms with Crippen LogP contribution in [0.25, 0.3) is 0 Å². The van der Waals surface area contributed by atoms with Gasteiger partial charge < -0.3 is 16.0 Å². The van der Waals surface area contributed by atoms with Gasteiger partial charge in [0.05, 0.1) is 11.3 Å². The van der Waals surface area contributed by atoms with Gasteiger partial charge >= 0.3 is 0 Å². The first-order valence-electron chi connectivity index (χ1n) is 8.21. The van der Waals surface area contributed by atoms with Gasteiger partial charge in [-0.1, -0.05) is 29.8 Å². The molecule has 0 fully saturated rings. The lowest BCUT2D eigenvalue weighted by Crippen LogP contribution is -2.41. The molecule has 3 amide bonds. The predicted octanol–water partition coefficient (Wildman–Crippen LogP) is 3.12. The second-order valence-electron chi connectivity index (χ2n) is 6.11. The van der Waals surface area contributed by atoms with Gasteiger partial charge in [0.1, 0.15) is 6.04 Å². The van der Waals surface area contributed by atoms with Crippen molar-refractivity contribution in [1.29, 1.82) is 0 Å². The Morgan fingerprint density at radius 3 is 2.77 bits per heavy atom. The molecular weight excluding hydrogens is 354 g/mol. The van der Waals surface area contributed by atoms with Gasteiger partial charge in [0.25, 0.3) is 5.91 Å². The van der Waals surface area contributed by atoms with Gasteiger partial charge in [0, 0.05) is 17.1 Å². The van der Waals surface area contributed by atoms with E-state index in [9.17, 15) is 14.4 Å². The maximum absolute atomic E-state index is 12.3. The molecule has 1 aliphatic heterocycles. The highest BCUT2D eigenvalue weighted by molar-refractivity contribution is 6.31. The molecule has 0 unspecified atom stereocenters. The van der Waals surface area contributed by atoms with Gasteiger partial charge in [-0.2, -0.15) is 0 Å². The number of rotatable bonds is 4. The van der Waals surface area contributed by atoms with Crippen LogP contribution in [0.5, 0.6) is 0 Å². The van der Waals surface area contributed by atoms with E-state index in [4.69, 9.17) is 11.6 Å². The molecule has 1 heterocycles. The molecule has 3 N–H and O–H groups in total. The van der Waals surface area contributed by atoms with Crippen molar-refractivity contribution in [2.45, 2.75) is 25.8 Å². The Kier molecular flexibility index (Phi) is 5.23. The maximum atomic E-state index is 12.3. The van der Waals surface area contributed by atoms with Crippen LogP contribution in [0.3, 0.4) is 0 Å². The summed E-state index contributed by atoms with van der Waals surface area (Å²) in [5.41, 5.74) is 2.39. The number of nitrogens with one attached hydrogen (secondary N) is 3. The number of halogens is 1. The van der Waals surface area contributed by atoms with E-state index in [2.05, 4.69) is 16.0 Å². The number of anilines is 2. The van der Waals surface area contributed by atoms with Crippen LogP contribution in [-0.4, -0.2) is 23.8 Å². The average molecular weight is 372 g/mol. The summed E-state index contributed by atoms with van der Waals surface area (Å²) in [6.07, 6.45) is 0.275. The fourth-order valence-electron chi connectivity index (χ4n) is 2.73. The molecule has 0 bridgehead atoms. The Hall–Kier alpha value is -2.86. The molecule has 134 valence electrons. The lowest BCUT2D eigenvalue weighted by atomic mass is 10.1. The Labute approximate surface area is 155 Å². The fraction of sp³-hybridized carbons (Fsp3) is 0.211. The number of carbonyl (C=O) groups excluding carboxylic acids is 3. The number of benzene rings is 2. The fourth-order valence-corrected chi connectivity index (χ4v) is 2.90. The van der Waals surface area contributed by atoms with Crippen LogP contribution in [0, 0.1) is 6.92 Å². The highest BCUT2D eigenvalue weighted by Crippen LogP contribution is 2.21. The zero-order valence-corrected chi connectivity index (χ0v) is 14.9. The Morgan fingerprint density at radius 1 is 1.19 bits per heavy atom. The van der Waals surface area contributed by atoms with E-state index in [-0.39, 0.29) is 30.6 Å². The second-order valence-corrected chi connectivity index (χ2v) is 6.54. The van der Waals surface area contributed by atoms with E-state index in [0.717, 1.165) is 5.56 Å². The standard InChI is InChI=1S/C19H18ClN3O3/c1-11-6-7-12(20)10-16(11)21-17(24)9-8-15-19(26)22-14-5-3-2-4-13(14)18(25)23-15/h2-7,10,15H,8-9H2,1H3,(H,21,24)(H,22,26)(H,23,25)/t15-/m1/s1. The molecule has 0 spiro atoms. The summed E-state index contributed by atoms with van der Waals surface area (Å²) in [5.74, 6) is -0.927. The molecule has 6 nitrogen and oxygen atoms in total. The Balaban J connectivity index is 1.62. The van der Waals surface area contributed by atoms with E-state index in [1.165, 1.54) is 0 Å².